The summed E-state index contributed by atoms with van der Waals surface area (Å²) in [6.07, 6.45) is 2.34. The van der Waals surface area contributed by atoms with Crippen molar-refractivity contribution in [2.45, 2.75) is 44.1 Å². The fraction of sp³-hybridized carbons (Fsp3) is 0.440. The third kappa shape index (κ3) is 5.33. The smallest absolute Gasteiger partial charge is 0.301 e. The highest BCUT2D eigenvalue weighted by molar-refractivity contribution is 7.91. The summed E-state index contributed by atoms with van der Waals surface area (Å²) in [6, 6.07) is 6.93. The molecular weight excluding hydrogens is 560 g/mol. The third-order valence-electron chi connectivity index (χ3n) is 6.97. The van der Waals surface area contributed by atoms with E-state index in [0.29, 0.717) is 25.8 Å². The first-order valence-corrected chi connectivity index (χ1v) is 15.8. The number of fused-ring (bicyclic) bond motifs is 2. The van der Waals surface area contributed by atoms with Gasteiger partial charge >= 0.3 is 10.2 Å². The zero-order chi connectivity index (χ0) is 28.8. The number of aliphatic hydroxyl groups excluding tert-OH is 1. The van der Waals surface area contributed by atoms with Gasteiger partial charge in [0.05, 0.1) is 23.0 Å². The summed E-state index contributed by atoms with van der Waals surface area (Å²) in [7, 11) is -8.47. The number of β-amino-alcohol motifs (C(OH)–C–C–N with tert-alkyl or cyclic N) is 1. The number of amidine groups is 1. The summed E-state index contributed by atoms with van der Waals surface area (Å²) in [5, 5.41) is 12.7. The molecule has 1 fully saturated rings. The number of Topliss-reactive ketones (excluding diaryl/α,β-unsaturated/α-hetero) is 1. The minimum Gasteiger partial charge on any atom is -0.392 e. The second kappa shape index (κ2) is 10.5. The number of anilines is 3. The van der Waals surface area contributed by atoms with Crippen LogP contribution in [0.4, 0.5) is 17.2 Å². The predicted molar refractivity (Wildman–Crippen MR) is 148 cm³/mol. The number of nitrogens with one attached hydrogen (secondary N) is 2. The number of carbonyl (C=O) groups excluding carboxylic acids is 2. The number of amides is 1. The first-order chi connectivity index (χ1) is 18.9. The van der Waals surface area contributed by atoms with Crippen LogP contribution < -0.4 is 14.9 Å². The largest absolute Gasteiger partial charge is 0.392 e. The molecule has 0 radical (unpaired) electrons. The van der Waals surface area contributed by atoms with E-state index < -0.39 is 43.9 Å². The molecule has 3 N–H and O–H groups in total. The van der Waals surface area contributed by atoms with E-state index in [1.165, 1.54) is 29.3 Å². The number of aromatic nitrogens is 1. The summed E-state index contributed by atoms with van der Waals surface area (Å²) >= 11 is 0. The van der Waals surface area contributed by atoms with Crippen molar-refractivity contribution in [3.8, 4) is 0 Å². The van der Waals surface area contributed by atoms with Crippen LogP contribution in [0.15, 0.2) is 45.8 Å². The van der Waals surface area contributed by atoms with Crippen LogP contribution in [0.5, 0.6) is 0 Å². The molecule has 13 nitrogen and oxygen atoms in total. The molecule has 15 heteroatoms. The molecule has 1 amide bonds. The summed E-state index contributed by atoms with van der Waals surface area (Å²) in [5.41, 5.74) is 0.219. The second-order valence-corrected chi connectivity index (χ2v) is 13.6. The third-order valence-corrected chi connectivity index (χ3v) is 9.81. The Labute approximate surface area is 232 Å². The number of hydrogen-bond donors (Lipinski definition) is 3. The van der Waals surface area contributed by atoms with Gasteiger partial charge in [0.25, 0.3) is 10.0 Å². The van der Waals surface area contributed by atoms with Gasteiger partial charge in [-0.2, -0.15) is 21.1 Å². The molecule has 0 spiro atoms. The minimum atomic E-state index is -4.42. The van der Waals surface area contributed by atoms with Crippen molar-refractivity contribution in [2.75, 3.05) is 34.6 Å². The maximum Gasteiger partial charge on any atom is 0.301 e. The van der Waals surface area contributed by atoms with Crippen LogP contribution in [0.3, 0.4) is 0 Å². The first kappa shape index (κ1) is 28.1. The summed E-state index contributed by atoms with van der Waals surface area (Å²) < 4.78 is 59.4. The molecule has 0 bridgehead atoms. The van der Waals surface area contributed by atoms with E-state index in [4.69, 9.17) is 0 Å². The highest BCUT2D eigenvalue weighted by Gasteiger charge is 2.45. The second-order valence-electron chi connectivity index (χ2n) is 10.4. The van der Waals surface area contributed by atoms with Crippen molar-refractivity contribution in [1.82, 2.24) is 9.29 Å². The monoisotopic (exact) mass is 590 g/mol. The molecule has 1 aromatic carbocycles. The highest BCUT2D eigenvalue weighted by atomic mass is 32.2. The standard InChI is InChI=1S/C25H30N6O7S2/c1-15(2)9-12-31-24-18(6-3-10-26-24)22(33)21(25(31)34)23-27-19-8-7-16(13-20(19)39(35,36)29-23)28-40(37,38)30-11-4-5-17(32)14-30/h3,6-8,10,13,15,17,21,28,32H,4-5,9,11-12,14H2,1-2H3,(H,27,29). The van der Waals surface area contributed by atoms with Crippen LogP contribution in [0.2, 0.25) is 0 Å². The minimum absolute atomic E-state index is 0.0208. The van der Waals surface area contributed by atoms with Crippen molar-refractivity contribution in [2.24, 2.45) is 16.2 Å². The van der Waals surface area contributed by atoms with Gasteiger partial charge in [-0.05, 0) is 55.5 Å². The van der Waals surface area contributed by atoms with Crippen molar-refractivity contribution in [3.05, 3.63) is 42.1 Å². The number of aliphatic hydroxyl groups is 1. The number of nitrogens with zero attached hydrogens (tertiary/aromatic N) is 4. The van der Waals surface area contributed by atoms with E-state index in [0.717, 1.165) is 10.4 Å². The van der Waals surface area contributed by atoms with Crippen LogP contribution in [0, 0.1) is 11.8 Å². The number of sulfonamides is 1. The Morgan fingerprint density at radius 2 is 2.00 bits per heavy atom. The van der Waals surface area contributed by atoms with Gasteiger partial charge in [-0.3, -0.25) is 19.2 Å². The predicted octanol–water partition coefficient (Wildman–Crippen LogP) is 1.60. The summed E-state index contributed by atoms with van der Waals surface area (Å²) in [6.45, 7) is 4.44. The molecule has 0 aliphatic carbocycles. The fourth-order valence-electron chi connectivity index (χ4n) is 4.90. The lowest BCUT2D eigenvalue weighted by atomic mass is 9.90. The average molecular weight is 591 g/mol. The van der Waals surface area contributed by atoms with E-state index in [2.05, 4.69) is 19.4 Å². The van der Waals surface area contributed by atoms with Crippen molar-refractivity contribution in [3.63, 3.8) is 0 Å². The number of carbonyl (C=O) groups is 2. The Morgan fingerprint density at radius 3 is 2.73 bits per heavy atom. The topological polar surface area (TPSA) is 178 Å². The average Bonchev–Trinajstić information content (AvgIpc) is 2.88. The molecule has 4 heterocycles. The maximum atomic E-state index is 13.6. The number of hydrogen-bond acceptors (Lipinski definition) is 9. The molecule has 2 aromatic rings. The van der Waals surface area contributed by atoms with Gasteiger partial charge in [0, 0.05) is 25.8 Å². The van der Waals surface area contributed by atoms with Crippen LogP contribution in [0.25, 0.3) is 0 Å². The van der Waals surface area contributed by atoms with E-state index in [9.17, 15) is 31.5 Å². The number of piperidine rings is 1. The Balaban J connectivity index is 1.45. The molecule has 214 valence electrons. The van der Waals surface area contributed by atoms with Crippen LogP contribution in [0.1, 0.15) is 43.5 Å². The van der Waals surface area contributed by atoms with Crippen molar-refractivity contribution < 1.29 is 31.5 Å². The number of benzene rings is 1. The fourth-order valence-corrected chi connectivity index (χ4v) is 7.37. The molecule has 40 heavy (non-hydrogen) atoms. The number of rotatable bonds is 7. The summed E-state index contributed by atoms with van der Waals surface area (Å²) in [5.74, 6) is -2.60. The van der Waals surface area contributed by atoms with E-state index in [1.807, 2.05) is 13.8 Å². The van der Waals surface area contributed by atoms with Gasteiger partial charge in [-0.15, -0.1) is 4.40 Å². The van der Waals surface area contributed by atoms with Crippen molar-refractivity contribution >= 4 is 55.0 Å². The normalized spacial score (nSPS) is 22.8. The van der Waals surface area contributed by atoms with Gasteiger partial charge in [-0.1, -0.05) is 13.8 Å². The molecule has 2 unspecified atom stereocenters. The quantitative estimate of drug-likeness (QED) is 0.404. The lowest BCUT2D eigenvalue weighted by molar-refractivity contribution is -0.119. The lowest BCUT2D eigenvalue weighted by Gasteiger charge is -2.34. The van der Waals surface area contributed by atoms with Crippen LogP contribution in [-0.2, 0) is 25.0 Å². The van der Waals surface area contributed by atoms with Gasteiger partial charge in [0.2, 0.25) is 5.91 Å². The lowest BCUT2D eigenvalue weighted by Crippen LogP contribution is -2.51. The van der Waals surface area contributed by atoms with Crippen LogP contribution in [-0.4, -0.2) is 74.5 Å². The van der Waals surface area contributed by atoms with Gasteiger partial charge < -0.3 is 10.4 Å². The molecule has 2 atom stereocenters. The van der Waals surface area contributed by atoms with Crippen molar-refractivity contribution in [1.29, 1.82) is 0 Å². The molecule has 3 aliphatic heterocycles. The van der Waals surface area contributed by atoms with Gasteiger partial charge in [-0.25, -0.2) is 4.98 Å². The number of pyridine rings is 1. The first-order valence-electron chi connectivity index (χ1n) is 12.9. The highest BCUT2D eigenvalue weighted by Crippen LogP contribution is 2.35. The molecule has 3 aliphatic rings. The van der Waals surface area contributed by atoms with Crippen LogP contribution >= 0.6 is 0 Å². The Morgan fingerprint density at radius 1 is 1.23 bits per heavy atom. The zero-order valence-corrected chi connectivity index (χ0v) is 23.6. The summed E-state index contributed by atoms with van der Waals surface area (Å²) in [4.78, 5) is 32.3. The van der Waals surface area contributed by atoms with E-state index in [1.54, 1.807) is 6.07 Å². The SMILES string of the molecule is CC(C)CCN1C(=O)C(C2=NS(=O)(=O)c3cc(NS(=O)(=O)N4CCCC(O)C4)ccc3N2)C(=O)c2cccnc21. The maximum absolute atomic E-state index is 13.6. The molecule has 5 rings (SSSR count). The van der Waals surface area contributed by atoms with E-state index >= 15 is 0 Å². The Kier molecular flexibility index (Phi) is 7.41. The molecule has 1 saturated heterocycles. The molecule has 1 aromatic heterocycles. The Bertz CT molecular complexity index is 1610. The van der Waals surface area contributed by atoms with Gasteiger partial charge in [0.15, 0.2) is 11.7 Å². The Hall–Kier alpha value is -3.40. The molecule has 0 saturated carbocycles. The van der Waals surface area contributed by atoms with Gasteiger partial charge in [0.1, 0.15) is 16.5 Å². The van der Waals surface area contributed by atoms with E-state index in [-0.39, 0.29) is 52.5 Å². The zero-order valence-electron chi connectivity index (χ0n) is 21.9. The molecular formula is C25H30N6O7S2. The number of ketones is 1.